The van der Waals surface area contributed by atoms with Crippen LogP contribution in [0, 0.1) is 13.8 Å². The first-order valence-electron chi connectivity index (χ1n) is 10.7. The SMILES string of the molecule is Cc1ccc(OCCNC(=O)C2=C(c3ccccc3)c3ccccc3N(C)S2(=O)=O)cc1C. The average Bonchev–Trinajstić information content (AvgIpc) is 2.81. The summed E-state index contributed by atoms with van der Waals surface area (Å²) in [7, 11) is -2.59. The van der Waals surface area contributed by atoms with E-state index < -0.39 is 15.9 Å². The van der Waals surface area contributed by atoms with E-state index >= 15 is 0 Å². The Kier molecular flexibility index (Phi) is 6.24. The monoisotopic (exact) mass is 462 g/mol. The van der Waals surface area contributed by atoms with Gasteiger partial charge in [-0.1, -0.05) is 54.6 Å². The van der Waals surface area contributed by atoms with Crippen LogP contribution in [0.15, 0.2) is 77.7 Å². The van der Waals surface area contributed by atoms with Gasteiger partial charge in [-0.2, -0.15) is 0 Å². The molecule has 0 bridgehead atoms. The van der Waals surface area contributed by atoms with E-state index in [1.54, 1.807) is 12.1 Å². The van der Waals surface area contributed by atoms with Gasteiger partial charge in [0.1, 0.15) is 12.4 Å². The van der Waals surface area contributed by atoms with Gasteiger partial charge >= 0.3 is 0 Å². The molecule has 3 aromatic carbocycles. The van der Waals surface area contributed by atoms with Crippen molar-refractivity contribution in [1.82, 2.24) is 5.32 Å². The van der Waals surface area contributed by atoms with Crippen molar-refractivity contribution in [2.75, 3.05) is 24.5 Å². The normalized spacial score (nSPS) is 14.6. The molecule has 0 spiro atoms. The van der Waals surface area contributed by atoms with Crippen LogP contribution < -0.4 is 14.4 Å². The van der Waals surface area contributed by atoms with Crippen LogP contribution in [0.1, 0.15) is 22.3 Å². The van der Waals surface area contributed by atoms with Gasteiger partial charge in [-0.05, 0) is 48.7 Å². The van der Waals surface area contributed by atoms with Crippen LogP contribution in [0.3, 0.4) is 0 Å². The molecule has 1 aliphatic rings. The zero-order valence-corrected chi connectivity index (χ0v) is 19.6. The molecule has 1 amide bonds. The number of hydrogen-bond donors (Lipinski definition) is 1. The zero-order valence-electron chi connectivity index (χ0n) is 18.8. The summed E-state index contributed by atoms with van der Waals surface area (Å²) in [6.07, 6.45) is 0. The second kappa shape index (κ2) is 9.11. The second-order valence-corrected chi connectivity index (χ2v) is 9.82. The summed E-state index contributed by atoms with van der Waals surface area (Å²) >= 11 is 0. The summed E-state index contributed by atoms with van der Waals surface area (Å²) in [5, 5.41) is 2.73. The molecular weight excluding hydrogens is 436 g/mol. The van der Waals surface area contributed by atoms with E-state index in [1.807, 2.05) is 74.5 Å². The lowest BCUT2D eigenvalue weighted by Gasteiger charge is -2.30. The quantitative estimate of drug-likeness (QED) is 0.561. The van der Waals surface area contributed by atoms with Crippen molar-refractivity contribution in [2.45, 2.75) is 13.8 Å². The molecule has 3 aromatic rings. The van der Waals surface area contributed by atoms with Crippen molar-refractivity contribution in [1.29, 1.82) is 0 Å². The first kappa shape index (κ1) is 22.6. The molecule has 170 valence electrons. The molecule has 4 rings (SSSR count). The molecule has 33 heavy (non-hydrogen) atoms. The van der Waals surface area contributed by atoms with Crippen molar-refractivity contribution in [3.05, 3.63) is 100.0 Å². The molecule has 0 saturated carbocycles. The summed E-state index contributed by atoms with van der Waals surface area (Å²) in [4.78, 5) is 13.0. The third kappa shape index (κ3) is 4.36. The smallest absolute Gasteiger partial charge is 0.270 e. The molecular formula is C26H26N2O4S. The maximum atomic E-state index is 13.4. The van der Waals surface area contributed by atoms with E-state index in [0.29, 0.717) is 28.1 Å². The van der Waals surface area contributed by atoms with Gasteiger partial charge < -0.3 is 10.1 Å². The average molecular weight is 463 g/mol. The van der Waals surface area contributed by atoms with Crippen molar-refractivity contribution >= 4 is 27.2 Å². The Balaban J connectivity index is 1.64. The Morgan fingerprint density at radius 1 is 0.939 bits per heavy atom. The zero-order chi connectivity index (χ0) is 23.6. The molecule has 0 fully saturated rings. The Labute approximate surface area is 194 Å². The predicted octanol–water partition coefficient (Wildman–Crippen LogP) is 4.04. The standard InChI is InChI=1S/C26H26N2O4S/c1-18-13-14-21(17-19(18)2)32-16-15-27-26(29)25-24(20-9-5-4-6-10-20)22-11-7-8-12-23(22)28(3)33(25,30)31/h4-14,17H,15-16H2,1-3H3,(H,27,29). The number of amides is 1. The summed E-state index contributed by atoms with van der Waals surface area (Å²) in [5.41, 5.74) is 4.57. The highest BCUT2D eigenvalue weighted by Gasteiger charge is 2.39. The number of anilines is 1. The van der Waals surface area contributed by atoms with Gasteiger partial charge in [0.2, 0.25) is 0 Å². The summed E-state index contributed by atoms with van der Waals surface area (Å²) < 4.78 is 33.7. The topological polar surface area (TPSA) is 75.7 Å². The summed E-state index contributed by atoms with van der Waals surface area (Å²) in [6.45, 7) is 4.41. The number of fused-ring (bicyclic) bond motifs is 1. The number of ether oxygens (including phenoxy) is 1. The lowest BCUT2D eigenvalue weighted by molar-refractivity contribution is -0.116. The third-order valence-corrected chi connectivity index (χ3v) is 7.58. The second-order valence-electron chi connectivity index (χ2n) is 7.91. The molecule has 0 radical (unpaired) electrons. The Morgan fingerprint density at radius 2 is 1.64 bits per heavy atom. The molecule has 6 nitrogen and oxygen atoms in total. The highest BCUT2D eigenvalue weighted by Crippen LogP contribution is 2.41. The van der Waals surface area contributed by atoms with E-state index in [4.69, 9.17) is 4.74 Å². The molecule has 7 heteroatoms. The van der Waals surface area contributed by atoms with E-state index in [-0.39, 0.29) is 18.1 Å². The first-order chi connectivity index (χ1) is 15.8. The van der Waals surface area contributed by atoms with Crippen LogP contribution in [0.5, 0.6) is 5.75 Å². The van der Waals surface area contributed by atoms with E-state index in [1.165, 1.54) is 12.6 Å². The number of hydrogen-bond acceptors (Lipinski definition) is 4. The van der Waals surface area contributed by atoms with Crippen LogP contribution in [0.4, 0.5) is 5.69 Å². The minimum atomic E-state index is -4.05. The van der Waals surface area contributed by atoms with E-state index in [2.05, 4.69) is 5.32 Å². The predicted molar refractivity (Wildman–Crippen MR) is 131 cm³/mol. The Morgan fingerprint density at radius 3 is 2.36 bits per heavy atom. The van der Waals surface area contributed by atoms with Gasteiger partial charge in [0.25, 0.3) is 15.9 Å². The molecule has 0 unspecified atom stereocenters. The van der Waals surface area contributed by atoms with Crippen molar-refractivity contribution in [3.8, 4) is 5.75 Å². The number of sulfonamides is 1. The Hall–Kier alpha value is -3.58. The lowest BCUT2D eigenvalue weighted by Crippen LogP contribution is -2.40. The third-order valence-electron chi connectivity index (χ3n) is 5.76. The number of para-hydroxylation sites is 1. The minimum Gasteiger partial charge on any atom is -0.492 e. The van der Waals surface area contributed by atoms with Crippen LogP contribution in [0.2, 0.25) is 0 Å². The number of nitrogens with one attached hydrogen (secondary N) is 1. The maximum absolute atomic E-state index is 13.4. The van der Waals surface area contributed by atoms with Crippen LogP contribution in [0.25, 0.3) is 5.57 Å². The number of carbonyl (C=O) groups excluding carboxylic acids is 1. The van der Waals surface area contributed by atoms with Crippen molar-refractivity contribution in [2.24, 2.45) is 0 Å². The van der Waals surface area contributed by atoms with Gasteiger partial charge in [0, 0.05) is 18.2 Å². The van der Waals surface area contributed by atoms with Gasteiger partial charge in [-0.15, -0.1) is 0 Å². The van der Waals surface area contributed by atoms with Gasteiger partial charge in [-0.3, -0.25) is 9.10 Å². The number of benzene rings is 3. The van der Waals surface area contributed by atoms with Gasteiger partial charge in [0.05, 0.1) is 12.2 Å². The van der Waals surface area contributed by atoms with Crippen LogP contribution >= 0.6 is 0 Å². The lowest BCUT2D eigenvalue weighted by atomic mass is 9.95. The molecule has 0 saturated heterocycles. The van der Waals surface area contributed by atoms with Crippen molar-refractivity contribution < 1.29 is 17.9 Å². The largest absolute Gasteiger partial charge is 0.492 e. The highest BCUT2D eigenvalue weighted by molar-refractivity contribution is 7.97. The fourth-order valence-electron chi connectivity index (χ4n) is 3.82. The molecule has 1 N–H and O–H groups in total. The number of nitrogens with zero attached hydrogens (tertiary/aromatic N) is 1. The van der Waals surface area contributed by atoms with Gasteiger partial charge in [-0.25, -0.2) is 8.42 Å². The van der Waals surface area contributed by atoms with E-state index in [0.717, 1.165) is 9.87 Å². The fraction of sp³-hybridized carbons (Fsp3) is 0.192. The summed E-state index contributed by atoms with van der Waals surface area (Å²) in [5.74, 6) is 0.0504. The number of carbonyl (C=O) groups is 1. The van der Waals surface area contributed by atoms with Crippen LogP contribution in [-0.4, -0.2) is 34.5 Å². The molecule has 0 aromatic heterocycles. The fourth-order valence-corrected chi connectivity index (χ4v) is 5.30. The molecule has 1 aliphatic heterocycles. The minimum absolute atomic E-state index is 0.165. The van der Waals surface area contributed by atoms with Crippen LogP contribution in [-0.2, 0) is 14.8 Å². The number of rotatable bonds is 6. The van der Waals surface area contributed by atoms with Crippen molar-refractivity contribution in [3.63, 3.8) is 0 Å². The Bertz CT molecular complexity index is 1330. The highest BCUT2D eigenvalue weighted by atomic mass is 32.2. The first-order valence-corrected chi connectivity index (χ1v) is 12.1. The molecule has 0 atom stereocenters. The maximum Gasteiger partial charge on any atom is 0.270 e. The molecule has 1 heterocycles. The van der Waals surface area contributed by atoms with E-state index in [9.17, 15) is 13.2 Å². The summed E-state index contributed by atoms with van der Waals surface area (Å²) in [6, 6.07) is 22.1. The molecule has 0 aliphatic carbocycles. The van der Waals surface area contributed by atoms with Gasteiger partial charge in [0.15, 0.2) is 4.91 Å². The number of aryl methyl sites for hydroxylation is 2.